The minimum Gasteiger partial charge on any atom is -0.497 e. The van der Waals surface area contributed by atoms with Crippen molar-refractivity contribution in [1.82, 2.24) is 0 Å². The minimum absolute atomic E-state index is 0.150. The van der Waals surface area contributed by atoms with E-state index in [0.29, 0.717) is 37.6 Å². The van der Waals surface area contributed by atoms with Crippen LogP contribution in [0.4, 0.5) is 0 Å². The molecule has 0 heterocycles. The fourth-order valence-corrected chi connectivity index (χ4v) is 2.49. The first kappa shape index (κ1) is 20.6. The van der Waals surface area contributed by atoms with Gasteiger partial charge < -0.3 is 23.7 Å². The topological polar surface area (TPSA) is 63.2 Å². The van der Waals surface area contributed by atoms with Crippen molar-refractivity contribution in [3.63, 3.8) is 0 Å². The molecule has 0 spiro atoms. The molecule has 0 bridgehead atoms. The van der Waals surface area contributed by atoms with Gasteiger partial charge >= 0.3 is 5.97 Å². The zero-order valence-electron chi connectivity index (χ0n) is 16.0. The van der Waals surface area contributed by atoms with Gasteiger partial charge in [0.2, 0.25) is 0 Å². The van der Waals surface area contributed by atoms with Crippen LogP contribution in [-0.4, -0.2) is 33.6 Å². The second-order valence-electron chi connectivity index (χ2n) is 5.77. The van der Waals surface area contributed by atoms with Crippen LogP contribution in [0.2, 0.25) is 0 Å². The summed E-state index contributed by atoms with van der Waals surface area (Å²) in [6.07, 6.45) is 0.818. The van der Waals surface area contributed by atoms with Crippen molar-refractivity contribution in [3.8, 4) is 17.2 Å². The maximum atomic E-state index is 11.7. The molecule has 2 aromatic carbocycles. The van der Waals surface area contributed by atoms with E-state index in [1.165, 1.54) is 0 Å². The monoisotopic (exact) mass is 374 g/mol. The van der Waals surface area contributed by atoms with Crippen molar-refractivity contribution in [3.05, 3.63) is 53.6 Å². The first-order chi connectivity index (χ1) is 13.2. The van der Waals surface area contributed by atoms with Crippen LogP contribution >= 0.6 is 0 Å². The maximum Gasteiger partial charge on any atom is 0.306 e. The summed E-state index contributed by atoms with van der Waals surface area (Å²) >= 11 is 0. The Bertz CT molecular complexity index is 728. The van der Waals surface area contributed by atoms with E-state index in [4.69, 9.17) is 23.7 Å². The van der Waals surface area contributed by atoms with Crippen molar-refractivity contribution >= 4 is 5.97 Å². The van der Waals surface area contributed by atoms with Gasteiger partial charge in [0.05, 0.1) is 13.7 Å². The molecule has 2 rings (SSSR count). The molecule has 2 aromatic rings. The van der Waals surface area contributed by atoms with E-state index < -0.39 is 0 Å². The van der Waals surface area contributed by atoms with Crippen LogP contribution in [0.25, 0.3) is 0 Å². The third-order valence-corrected chi connectivity index (χ3v) is 3.81. The molecule has 0 saturated carbocycles. The highest BCUT2D eigenvalue weighted by Gasteiger charge is 2.10. The quantitative estimate of drug-likeness (QED) is 0.441. The van der Waals surface area contributed by atoms with Gasteiger partial charge in [-0.25, -0.2) is 0 Å². The third-order valence-electron chi connectivity index (χ3n) is 3.81. The summed E-state index contributed by atoms with van der Waals surface area (Å²) in [6.45, 7) is 2.69. The Morgan fingerprint density at radius 3 is 2.59 bits per heavy atom. The van der Waals surface area contributed by atoms with Gasteiger partial charge in [-0.05, 0) is 42.7 Å². The van der Waals surface area contributed by atoms with Gasteiger partial charge in [0.15, 0.2) is 6.79 Å². The molecule has 0 saturated heterocycles. The third kappa shape index (κ3) is 6.83. The fraction of sp³-hybridized carbons (Fsp3) is 0.381. The van der Waals surface area contributed by atoms with E-state index >= 15 is 0 Å². The van der Waals surface area contributed by atoms with Crippen LogP contribution in [0.5, 0.6) is 17.2 Å². The predicted molar refractivity (Wildman–Crippen MR) is 101 cm³/mol. The lowest BCUT2D eigenvalue weighted by molar-refractivity contribution is -0.143. The summed E-state index contributed by atoms with van der Waals surface area (Å²) in [7, 11) is 3.19. The number of hydrogen-bond donors (Lipinski definition) is 0. The molecule has 0 aliphatic carbocycles. The predicted octanol–water partition coefficient (Wildman–Crippen LogP) is 3.75. The summed E-state index contributed by atoms with van der Waals surface area (Å²) in [6, 6.07) is 13.2. The summed E-state index contributed by atoms with van der Waals surface area (Å²) < 4.78 is 26.7. The molecule has 0 fully saturated rings. The highest BCUT2D eigenvalue weighted by molar-refractivity contribution is 5.69. The molecule has 0 radical (unpaired) electrons. The SMILES string of the molecule is CCOC(=O)CCc1ccc(OCOC)cc1OCc1cccc(OC)c1. The number of rotatable bonds is 11. The van der Waals surface area contributed by atoms with Gasteiger partial charge in [-0.3, -0.25) is 4.79 Å². The Morgan fingerprint density at radius 1 is 1.00 bits per heavy atom. The Balaban J connectivity index is 2.11. The van der Waals surface area contributed by atoms with Crippen LogP contribution in [-0.2, 0) is 27.3 Å². The van der Waals surface area contributed by atoms with E-state index in [0.717, 1.165) is 16.9 Å². The largest absolute Gasteiger partial charge is 0.497 e. The highest BCUT2D eigenvalue weighted by atomic mass is 16.7. The number of ether oxygens (including phenoxy) is 5. The smallest absolute Gasteiger partial charge is 0.306 e. The van der Waals surface area contributed by atoms with Crippen LogP contribution < -0.4 is 14.2 Å². The minimum atomic E-state index is -0.226. The van der Waals surface area contributed by atoms with Gasteiger partial charge in [-0.1, -0.05) is 18.2 Å². The first-order valence-corrected chi connectivity index (χ1v) is 8.82. The Kier molecular flexibility index (Phi) is 8.45. The van der Waals surface area contributed by atoms with Crippen molar-refractivity contribution < 1.29 is 28.5 Å². The van der Waals surface area contributed by atoms with Gasteiger partial charge in [-0.2, -0.15) is 0 Å². The highest BCUT2D eigenvalue weighted by Crippen LogP contribution is 2.27. The van der Waals surface area contributed by atoms with Crippen LogP contribution in [0.15, 0.2) is 42.5 Å². The van der Waals surface area contributed by atoms with Crippen molar-refractivity contribution in [2.24, 2.45) is 0 Å². The normalized spacial score (nSPS) is 10.3. The first-order valence-electron chi connectivity index (χ1n) is 8.82. The lowest BCUT2D eigenvalue weighted by atomic mass is 10.1. The second-order valence-corrected chi connectivity index (χ2v) is 5.77. The summed E-state index contributed by atoms with van der Waals surface area (Å²) in [5, 5.41) is 0. The van der Waals surface area contributed by atoms with E-state index in [1.807, 2.05) is 36.4 Å². The van der Waals surface area contributed by atoms with E-state index in [2.05, 4.69) is 0 Å². The lowest BCUT2D eigenvalue weighted by Crippen LogP contribution is -2.07. The summed E-state index contributed by atoms with van der Waals surface area (Å²) in [5.41, 5.74) is 1.89. The zero-order valence-corrected chi connectivity index (χ0v) is 16.0. The average Bonchev–Trinajstić information content (AvgIpc) is 2.70. The standard InChI is InChI=1S/C21H26O6/c1-4-25-21(22)11-9-17-8-10-19(27-15-23-2)13-20(17)26-14-16-6-5-7-18(12-16)24-3/h5-8,10,12-13H,4,9,11,14-15H2,1-3H3. The number of methoxy groups -OCH3 is 2. The lowest BCUT2D eigenvalue weighted by Gasteiger charge is -2.14. The molecule has 0 aromatic heterocycles. The van der Waals surface area contributed by atoms with E-state index in [-0.39, 0.29) is 12.8 Å². The Morgan fingerprint density at radius 2 is 1.85 bits per heavy atom. The summed E-state index contributed by atoms with van der Waals surface area (Å²) in [5.74, 6) is 1.85. The molecule has 0 N–H and O–H groups in total. The average molecular weight is 374 g/mol. The van der Waals surface area contributed by atoms with E-state index in [1.54, 1.807) is 27.2 Å². The van der Waals surface area contributed by atoms with Gasteiger partial charge in [-0.15, -0.1) is 0 Å². The molecule has 6 heteroatoms. The number of carbonyl (C=O) groups excluding carboxylic acids is 1. The molecular weight excluding hydrogens is 348 g/mol. The number of benzene rings is 2. The molecule has 0 aliphatic heterocycles. The molecule has 0 atom stereocenters. The number of hydrogen-bond acceptors (Lipinski definition) is 6. The molecule has 27 heavy (non-hydrogen) atoms. The molecular formula is C21H26O6. The second kappa shape index (κ2) is 11.1. The fourth-order valence-electron chi connectivity index (χ4n) is 2.49. The molecule has 0 amide bonds. The molecule has 146 valence electrons. The van der Waals surface area contributed by atoms with Gasteiger partial charge in [0.1, 0.15) is 23.9 Å². The van der Waals surface area contributed by atoms with Gasteiger partial charge in [0, 0.05) is 19.6 Å². The molecule has 0 unspecified atom stereocenters. The maximum absolute atomic E-state index is 11.7. The van der Waals surface area contributed by atoms with Crippen molar-refractivity contribution in [2.45, 2.75) is 26.4 Å². The molecule has 6 nitrogen and oxygen atoms in total. The Labute approximate surface area is 160 Å². The Hall–Kier alpha value is -2.73. The van der Waals surface area contributed by atoms with Crippen molar-refractivity contribution in [1.29, 1.82) is 0 Å². The zero-order chi connectivity index (χ0) is 19.5. The van der Waals surface area contributed by atoms with Crippen molar-refractivity contribution in [2.75, 3.05) is 27.6 Å². The molecule has 0 aliphatic rings. The van der Waals surface area contributed by atoms with Crippen LogP contribution in [0.1, 0.15) is 24.5 Å². The van der Waals surface area contributed by atoms with Gasteiger partial charge in [0.25, 0.3) is 0 Å². The number of esters is 1. The van der Waals surface area contributed by atoms with Crippen LogP contribution in [0.3, 0.4) is 0 Å². The van der Waals surface area contributed by atoms with Crippen LogP contribution in [0, 0.1) is 0 Å². The number of carbonyl (C=O) groups is 1. The summed E-state index contributed by atoms with van der Waals surface area (Å²) in [4.78, 5) is 11.7. The number of aryl methyl sites for hydroxylation is 1. The van der Waals surface area contributed by atoms with E-state index in [9.17, 15) is 4.79 Å².